The average Bonchev–Trinajstić information content (AvgIpc) is 2.32. The molecule has 0 heterocycles. The van der Waals surface area contributed by atoms with Crippen LogP contribution < -0.4 is 10.5 Å². The second-order valence-corrected chi connectivity index (χ2v) is 3.78. The summed E-state index contributed by atoms with van der Waals surface area (Å²) < 4.78 is 5.62. The summed E-state index contributed by atoms with van der Waals surface area (Å²) in [7, 11) is 0. The van der Waals surface area contributed by atoms with E-state index in [0.717, 1.165) is 5.56 Å². The van der Waals surface area contributed by atoms with Gasteiger partial charge in [0.15, 0.2) is 0 Å². The molecule has 17 heavy (non-hydrogen) atoms. The van der Waals surface area contributed by atoms with E-state index >= 15 is 0 Å². The van der Waals surface area contributed by atoms with Crippen molar-refractivity contribution in [2.24, 2.45) is 5.73 Å². The molecule has 0 aromatic heterocycles. The predicted molar refractivity (Wildman–Crippen MR) is 66.2 cm³/mol. The maximum absolute atomic E-state index is 11.3. The van der Waals surface area contributed by atoms with Gasteiger partial charge in [-0.05, 0) is 31.2 Å². The molecule has 0 radical (unpaired) electrons. The van der Waals surface area contributed by atoms with E-state index in [1.165, 1.54) is 0 Å². The SMILES string of the molecule is Cc1ccc(Oc2ccccc2)c(C(N)=O)c1. The molecule has 0 aliphatic heterocycles. The van der Waals surface area contributed by atoms with Crippen LogP contribution in [0.1, 0.15) is 15.9 Å². The van der Waals surface area contributed by atoms with E-state index in [4.69, 9.17) is 10.5 Å². The lowest BCUT2D eigenvalue weighted by atomic mass is 10.1. The monoisotopic (exact) mass is 227 g/mol. The Morgan fingerprint density at radius 3 is 2.47 bits per heavy atom. The normalized spacial score (nSPS) is 9.94. The molecule has 2 rings (SSSR count). The molecule has 0 unspecified atom stereocenters. The van der Waals surface area contributed by atoms with Crippen molar-refractivity contribution in [1.82, 2.24) is 0 Å². The van der Waals surface area contributed by atoms with Crippen molar-refractivity contribution in [2.45, 2.75) is 6.92 Å². The largest absolute Gasteiger partial charge is 0.457 e. The summed E-state index contributed by atoms with van der Waals surface area (Å²) in [6.45, 7) is 1.90. The van der Waals surface area contributed by atoms with Crippen LogP contribution in [0.4, 0.5) is 0 Å². The Labute approximate surface area is 99.8 Å². The lowest BCUT2D eigenvalue weighted by Gasteiger charge is -2.09. The number of primary amides is 1. The number of nitrogens with two attached hydrogens (primary N) is 1. The molecule has 3 nitrogen and oxygen atoms in total. The van der Waals surface area contributed by atoms with Crippen molar-refractivity contribution in [3.8, 4) is 11.5 Å². The molecule has 2 aromatic rings. The van der Waals surface area contributed by atoms with Gasteiger partial charge in [-0.1, -0.05) is 29.8 Å². The van der Waals surface area contributed by atoms with Crippen molar-refractivity contribution < 1.29 is 9.53 Å². The van der Waals surface area contributed by atoms with Gasteiger partial charge in [0.1, 0.15) is 11.5 Å². The van der Waals surface area contributed by atoms with Crippen LogP contribution >= 0.6 is 0 Å². The number of amides is 1. The Hall–Kier alpha value is -2.29. The van der Waals surface area contributed by atoms with Crippen LogP contribution in [-0.4, -0.2) is 5.91 Å². The number of carbonyl (C=O) groups is 1. The zero-order valence-electron chi connectivity index (χ0n) is 9.51. The lowest BCUT2D eigenvalue weighted by molar-refractivity contribution is 0.0998. The number of para-hydroxylation sites is 1. The topological polar surface area (TPSA) is 52.3 Å². The fraction of sp³-hybridized carbons (Fsp3) is 0.0714. The lowest BCUT2D eigenvalue weighted by Crippen LogP contribution is -2.12. The maximum atomic E-state index is 11.3. The molecule has 0 bridgehead atoms. The Morgan fingerprint density at radius 2 is 1.82 bits per heavy atom. The van der Waals surface area contributed by atoms with Crippen LogP contribution in [0.2, 0.25) is 0 Å². The maximum Gasteiger partial charge on any atom is 0.252 e. The van der Waals surface area contributed by atoms with E-state index in [2.05, 4.69) is 0 Å². The first-order chi connectivity index (χ1) is 8.16. The molecule has 0 saturated carbocycles. The van der Waals surface area contributed by atoms with Crippen molar-refractivity contribution in [3.05, 3.63) is 59.7 Å². The first-order valence-corrected chi connectivity index (χ1v) is 5.30. The smallest absolute Gasteiger partial charge is 0.252 e. The van der Waals surface area contributed by atoms with Gasteiger partial charge < -0.3 is 10.5 Å². The van der Waals surface area contributed by atoms with Crippen LogP contribution in [0.25, 0.3) is 0 Å². The van der Waals surface area contributed by atoms with Gasteiger partial charge in [0.05, 0.1) is 5.56 Å². The van der Waals surface area contributed by atoms with Crippen LogP contribution in [-0.2, 0) is 0 Å². The summed E-state index contributed by atoms with van der Waals surface area (Å²) in [5, 5.41) is 0. The number of hydrogen-bond acceptors (Lipinski definition) is 2. The third-order valence-electron chi connectivity index (χ3n) is 2.37. The number of aryl methyl sites for hydroxylation is 1. The zero-order valence-corrected chi connectivity index (χ0v) is 9.51. The van der Waals surface area contributed by atoms with Gasteiger partial charge >= 0.3 is 0 Å². The molecule has 0 saturated heterocycles. The first kappa shape index (κ1) is 11.2. The minimum absolute atomic E-state index is 0.397. The minimum atomic E-state index is -0.486. The number of hydrogen-bond donors (Lipinski definition) is 1. The number of benzene rings is 2. The van der Waals surface area contributed by atoms with Crippen molar-refractivity contribution in [3.63, 3.8) is 0 Å². The summed E-state index contributed by atoms with van der Waals surface area (Å²) in [6, 6.07) is 14.6. The summed E-state index contributed by atoms with van der Waals surface area (Å²) in [6.07, 6.45) is 0. The highest BCUT2D eigenvalue weighted by molar-refractivity contribution is 5.95. The van der Waals surface area contributed by atoms with Crippen molar-refractivity contribution in [1.29, 1.82) is 0 Å². The Bertz CT molecular complexity index is 535. The minimum Gasteiger partial charge on any atom is -0.457 e. The van der Waals surface area contributed by atoms with E-state index in [9.17, 15) is 4.79 Å². The fourth-order valence-electron chi connectivity index (χ4n) is 1.54. The molecule has 0 aliphatic rings. The Morgan fingerprint density at radius 1 is 1.12 bits per heavy atom. The highest BCUT2D eigenvalue weighted by Crippen LogP contribution is 2.25. The molecular weight excluding hydrogens is 214 g/mol. The molecule has 3 heteroatoms. The molecule has 86 valence electrons. The molecule has 0 aliphatic carbocycles. The van der Waals surface area contributed by atoms with E-state index in [-0.39, 0.29) is 0 Å². The number of carbonyl (C=O) groups excluding carboxylic acids is 1. The molecule has 2 N–H and O–H groups in total. The second-order valence-electron chi connectivity index (χ2n) is 3.78. The second kappa shape index (κ2) is 4.70. The zero-order chi connectivity index (χ0) is 12.3. The van der Waals surface area contributed by atoms with Crippen LogP contribution in [0, 0.1) is 6.92 Å². The molecule has 0 spiro atoms. The van der Waals surface area contributed by atoms with Crippen LogP contribution in [0.15, 0.2) is 48.5 Å². The van der Waals surface area contributed by atoms with Crippen LogP contribution in [0.3, 0.4) is 0 Å². The van der Waals surface area contributed by atoms with Gasteiger partial charge in [-0.3, -0.25) is 4.79 Å². The third kappa shape index (κ3) is 2.64. The van der Waals surface area contributed by atoms with Gasteiger partial charge in [-0.2, -0.15) is 0 Å². The van der Waals surface area contributed by atoms with Gasteiger partial charge in [0.25, 0.3) is 5.91 Å². The summed E-state index contributed by atoms with van der Waals surface area (Å²) in [4.78, 5) is 11.3. The standard InChI is InChI=1S/C14H13NO2/c1-10-7-8-13(12(9-10)14(15)16)17-11-5-3-2-4-6-11/h2-9H,1H3,(H2,15,16). The van der Waals surface area contributed by atoms with E-state index < -0.39 is 5.91 Å². The fourth-order valence-corrected chi connectivity index (χ4v) is 1.54. The highest BCUT2D eigenvalue weighted by Gasteiger charge is 2.10. The summed E-state index contributed by atoms with van der Waals surface area (Å²) >= 11 is 0. The predicted octanol–water partition coefficient (Wildman–Crippen LogP) is 2.89. The molecule has 0 fully saturated rings. The van der Waals surface area contributed by atoms with Gasteiger partial charge in [-0.15, -0.1) is 0 Å². The summed E-state index contributed by atoms with van der Waals surface area (Å²) in [5.74, 6) is 0.674. The molecule has 0 atom stereocenters. The van der Waals surface area contributed by atoms with Gasteiger partial charge in [-0.25, -0.2) is 0 Å². The molecule has 1 amide bonds. The highest BCUT2D eigenvalue weighted by atomic mass is 16.5. The first-order valence-electron chi connectivity index (χ1n) is 5.30. The average molecular weight is 227 g/mol. The van der Waals surface area contributed by atoms with E-state index in [0.29, 0.717) is 17.1 Å². The van der Waals surface area contributed by atoms with Crippen molar-refractivity contribution in [2.75, 3.05) is 0 Å². The third-order valence-corrected chi connectivity index (χ3v) is 2.37. The van der Waals surface area contributed by atoms with Gasteiger partial charge in [0.2, 0.25) is 0 Å². The molecular formula is C14H13NO2. The number of ether oxygens (including phenoxy) is 1. The Balaban J connectivity index is 2.36. The quantitative estimate of drug-likeness (QED) is 0.876. The van der Waals surface area contributed by atoms with E-state index in [1.807, 2.05) is 43.3 Å². The Kier molecular flexibility index (Phi) is 3.10. The van der Waals surface area contributed by atoms with E-state index in [1.54, 1.807) is 12.1 Å². The van der Waals surface area contributed by atoms with Crippen LogP contribution in [0.5, 0.6) is 11.5 Å². The van der Waals surface area contributed by atoms with Crippen molar-refractivity contribution >= 4 is 5.91 Å². The molecule has 2 aromatic carbocycles. The van der Waals surface area contributed by atoms with Gasteiger partial charge in [0, 0.05) is 0 Å². The number of rotatable bonds is 3. The summed E-state index contributed by atoms with van der Waals surface area (Å²) in [5.41, 5.74) is 6.69.